The summed E-state index contributed by atoms with van der Waals surface area (Å²) in [6.45, 7) is 4.54. The Hall–Kier alpha value is -2.44. The smallest absolute Gasteiger partial charge is 0.310 e. The molecule has 0 spiro atoms. The van der Waals surface area contributed by atoms with Crippen LogP contribution in [0.25, 0.3) is 0 Å². The Balaban J connectivity index is 2.88. The van der Waals surface area contributed by atoms with Crippen molar-refractivity contribution in [3.05, 3.63) is 39.4 Å². The minimum atomic E-state index is -1.11. The maximum Gasteiger partial charge on any atom is 0.310 e. The molecule has 0 heterocycles. The molecule has 108 valence electrons. The predicted molar refractivity (Wildman–Crippen MR) is 71.6 cm³/mol. The summed E-state index contributed by atoms with van der Waals surface area (Å²) < 4.78 is 0. The lowest BCUT2D eigenvalue weighted by molar-refractivity contribution is -0.384. The first-order valence-electron chi connectivity index (χ1n) is 5.91. The van der Waals surface area contributed by atoms with Gasteiger partial charge >= 0.3 is 5.97 Å². The van der Waals surface area contributed by atoms with Crippen LogP contribution in [0.4, 0.5) is 5.69 Å². The van der Waals surface area contributed by atoms with Gasteiger partial charge in [-0.25, -0.2) is 0 Å². The Morgan fingerprint density at radius 1 is 1.35 bits per heavy atom. The van der Waals surface area contributed by atoms with E-state index in [1.807, 2.05) is 0 Å². The number of hydrogen-bond donors (Lipinski definition) is 2. The van der Waals surface area contributed by atoms with Gasteiger partial charge in [-0.3, -0.25) is 19.7 Å². The third kappa shape index (κ3) is 3.78. The topological polar surface area (TPSA) is 110 Å². The van der Waals surface area contributed by atoms with Gasteiger partial charge in [0, 0.05) is 24.2 Å². The second kappa shape index (κ2) is 5.68. The van der Waals surface area contributed by atoms with Crippen molar-refractivity contribution < 1.29 is 19.6 Å². The highest BCUT2D eigenvalue weighted by atomic mass is 16.6. The van der Waals surface area contributed by atoms with E-state index in [9.17, 15) is 19.7 Å². The molecule has 0 radical (unpaired) electrons. The average molecular weight is 280 g/mol. The average Bonchev–Trinajstić information content (AvgIpc) is 2.35. The van der Waals surface area contributed by atoms with Crippen molar-refractivity contribution in [3.63, 3.8) is 0 Å². The van der Waals surface area contributed by atoms with Crippen molar-refractivity contribution >= 4 is 17.6 Å². The lowest BCUT2D eigenvalue weighted by Crippen LogP contribution is -2.38. The molecule has 7 heteroatoms. The number of hydrogen-bond acceptors (Lipinski definition) is 4. The van der Waals surface area contributed by atoms with E-state index in [0.717, 1.165) is 6.07 Å². The van der Waals surface area contributed by atoms with Crippen LogP contribution in [0.2, 0.25) is 0 Å². The van der Waals surface area contributed by atoms with Gasteiger partial charge in [-0.15, -0.1) is 0 Å². The molecule has 20 heavy (non-hydrogen) atoms. The van der Waals surface area contributed by atoms with Crippen molar-refractivity contribution in [2.45, 2.75) is 20.8 Å². The molecular weight excluding hydrogens is 264 g/mol. The number of aliphatic carboxylic acids is 1. The van der Waals surface area contributed by atoms with E-state index in [1.54, 1.807) is 6.92 Å². The quantitative estimate of drug-likeness (QED) is 0.630. The Labute approximate surface area is 115 Å². The van der Waals surface area contributed by atoms with Gasteiger partial charge in [0.15, 0.2) is 0 Å². The number of non-ortho nitro benzene ring substituents is 1. The van der Waals surface area contributed by atoms with Crippen molar-refractivity contribution in [2.24, 2.45) is 5.41 Å². The third-order valence-electron chi connectivity index (χ3n) is 2.80. The van der Waals surface area contributed by atoms with E-state index in [-0.39, 0.29) is 17.8 Å². The first kappa shape index (κ1) is 15.6. The van der Waals surface area contributed by atoms with Crippen LogP contribution in [-0.4, -0.2) is 28.5 Å². The molecule has 0 unspecified atom stereocenters. The lowest BCUT2D eigenvalue weighted by atomic mass is 9.94. The fraction of sp³-hybridized carbons (Fsp3) is 0.385. The van der Waals surface area contributed by atoms with E-state index < -0.39 is 22.2 Å². The molecule has 0 aliphatic carbocycles. The molecule has 1 amide bonds. The number of carboxylic acids is 1. The molecule has 1 aromatic rings. The summed E-state index contributed by atoms with van der Waals surface area (Å²) in [5, 5.41) is 22.1. The van der Waals surface area contributed by atoms with Crippen LogP contribution in [0, 0.1) is 22.5 Å². The maximum atomic E-state index is 11.9. The number of carbonyl (C=O) groups is 2. The zero-order chi connectivity index (χ0) is 15.5. The van der Waals surface area contributed by atoms with Gasteiger partial charge in [0.2, 0.25) is 0 Å². The number of rotatable bonds is 5. The molecule has 7 nitrogen and oxygen atoms in total. The van der Waals surface area contributed by atoms with E-state index in [0.29, 0.717) is 5.56 Å². The van der Waals surface area contributed by atoms with Crippen LogP contribution in [0.5, 0.6) is 0 Å². The number of nitro benzene ring substituents is 1. The van der Waals surface area contributed by atoms with Crippen LogP contribution < -0.4 is 5.32 Å². The highest BCUT2D eigenvalue weighted by molar-refractivity contribution is 5.95. The Morgan fingerprint density at radius 2 is 1.95 bits per heavy atom. The highest BCUT2D eigenvalue weighted by Crippen LogP contribution is 2.18. The number of carboxylic acid groups (broad SMARTS) is 1. The van der Waals surface area contributed by atoms with Crippen molar-refractivity contribution in [1.82, 2.24) is 5.32 Å². The number of amides is 1. The van der Waals surface area contributed by atoms with Crippen molar-refractivity contribution in [1.29, 1.82) is 0 Å². The van der Waals surface area contributed by atoms with Gasteiger partial charge in [-0.2, -0.15) is 0 Å². The molecule has 0 aliphatic heterocycles. The second-order valence-electron chi connectivity index (χ2n) is 5.19. The van der Waals surface area contributed by atoms with Crippen LogP contribution >= 0.6 is 0 Å². The molecule has 0 aromatic heterocycles. The maximum absolute atomic E-state index is 11.9. The zero-order valence-electron chi connectivity index (χ0n) is 11.5. The van der Waals surface area contributed by atoms with Crippen LogP contribution in [0.3, 0.4) is 0 Å². The van der Waals surface area contributed by atoms with Crippen molar-refractivity contribution in [2.75, 3.05) is 6.54 Å². The minimum absolute atomic E-state index is 0.0666. The molecule has 0 saturated heterocycles. The van der Waals surface area contributed by atoms with Gasteiger partial charge in [0.25, 0.3) is 11.6 Å². The van der Waals surface area contributed by atoms with E-state index in [4.69, 9.17) is 5.11 Å². The van der Waals surface area contributed by atoms with E-state index >= 15 is 0 Å². The zero-order valence-corrected chi connectivity index (χ0v) is 11.5. The summed E-state index contributed by atoms with van der Waals surface area (Å²) in [7, 11) is 0. The molecule has 1 rings (SSSR count). The number of aryl methyl sites for hydroxylation is 1. The number of nitro groups is 1. The number of carbonyl (C=O) groups excluding carboxylic acids is 1. The van der Waals surface area contributed by atoms with Crippen LogP contribution in [0.1, 0.15) is 29.8 Å². The molecule has 2 N–H and O–H groups in total. The molecule has 0 atom stereocenters. The monoisotopic (exact) mass is 280 g/mol. The highest BCUT2D eigenvalue weighted by Gasteiger charge is 2.27. The van der Waals surface area contributed by atoms with Crippen molar-refractivity contribution in [3.8, 4) is 0 Å². The lowest BCUT2D eigenvalue weighted by Gasteiger charge is -2.19. The number of nitrogens with one attached hydrogen (secondary N) is 1. The summed E-state index contributed by atoms with van der Waals surface area (Å²) in [5.41, 5.74) is -0.557. The summed E-state index contributed by atoms with van der Waals surface area (Å²) in [5.74, 6) is -1.57. The molecular formula is C13H16N2O5. The van der Waals surface area contributed by atoms with E-state index in [2.05, 4.69) is 5.32 Å². The second-order valence-corrected chi connectivity index (χ2v) is 5.19. The molecule has 0 saturated carbocycles. The molecule has 0 aliphatic rings. The normalized spacial score (nSPS) is 10.9. The van der Waals surface area contributed by atoms with Gasteiger partial charge in [0.1, 0.15) is 0 Å². The predicted octanol–water partition coefficient (Wildman–Crippen LogP) is 1.74. The molecule has 0 bridgehead atoms. The Morgan fingerprint density at radius 3 is 2.45 bits per heavy atom. The third-order valence-corrected chi connectivity index (χ3v) is 2.80. The summed E-state index contributed by atoms with van der Waals surface area (Å²) >= 11 is 0. The van der Waals surface area contributed by atoms with E-state index in [1.165, 1.54) is 26.0 Å². The largest absolute Gasteiger partial charge is 0.481 e. The van der Waals surface area contributed by atoms with Gasteiger partial charge < -0.3 is 10.4 Å². The van der Waals surface area contributed by atoms with Crippen LogP contribution in [-0.2, 0) is 4.79 Å². The fourth-order valence-electron chi connectivity index (χ4n) is 1.48. The summed E-state index contributed by atoms with van der Waals surface area (Å²) in [6, 6.07) is 4.03. The summed E-state index contributed by atoms with van der Waals surface area (Å²) in [4.78, 5) is 33.0. The number of benzene rings is 1. The van der Waals surface area contributed by atoms with Gasteiger partial charge in [-0.05, 0) is 32.4 Å². The SMILES string of the molecule is Cc1cc(C(=O)NCC(C)(C)C(=O)O)cc([N+](=O)[O-])c1. The standard InChI is InChI=1S/C13H16N2O5/c1-8-4-9(6-10(5-8)15(19)20)11(16)14-7-13(2,3)12(17)18/h4-6H,7H2,1-3H3,(H,14,16)(H,17,18). The Kier molecular flexibility index (Phi) is 4.44. The van der Waals surface area contributed by atoms with Gasteiger partial charge in [-0.1, -0.05) is 0 Å². The molecule has 1 aromatic carbocycles. The first-order chi connectivity index (χ1) is 9.13. The molecule has 0 fully saturated rings. The first-order valence-corrected chi connectivity index (χ1v) is 5.91. The summed E-state index contributed by atoms with van der Waals surface area (Å²) in [6.07, 6.45) is 0. The van der Waals surface area contributed by atoms with Gasteiger partial charge in [0.05, 0.1) is 10.3 Å². The van der Waals surface area contributed by atoms with Crippen LogP contribution in [0.15, 0.2) is 18.2 Å². The number of nitrogens with zero attached hydrogens (tertiary/aromatic N) is 1. The minimum Gasteiger partial charge on any atom is -0.481 e. The fourth-order valence-corrected chi connectivity index (χ4v) is 1.48. The Bertz CT molecular complexity index is 566.